The Morgan fingerprint density at radius 2 is 1.04 bits per heavy atom. The molecule has 282 valence electrons. The van der Waals surface area contributed by atoms with E-state index in [9.17, 15) is 0 Å². The Balaban J connectivity index is 0.000000172. The maximum Gasteiger partial charge on any atom is -0.00995 e. The number of benzene rings is 7. The van der Waals surface area contributed by atoms with Crippen LogP contribution in [0.4, 0.5) is 0 Å². The molecule has 0 aromatic heterocycles. The van der Waals surface area contributed by atoms with Crippen molar-refractivity contribution in [2.75, 3.05) is 0 Å². The van der Waals surface area contributed by atoms with Crippen LogP contribution in [0.15, 0.2) is 158 Å². The standard InChI is InChI=1S/C24H17.C21H25.C7H8Si.2ClH.Zr/c1-16-13-14-17-8-6-12-22(24(16)17)23-15-18-7-2-3-9-19(18)20-10-4-5-11-21(20)23;1-20(2,3)16-7-9-18-14(12-16)11-15-13-17(21(4,5)6)8-10-19(15)18;1-8-7-5-3-2-4-6-7;;;/h2-15H,1H3;7-13H,1-6H3;2-6H,1H3;2*1H;/q2*-1;;;;+2/p-2. The number of fused-ring (bicyclic) bond motifs is 7. The Morgan fingerprint density at radius 1 is 0.500 bits per heavy atom. The average Bonchev–Trinajstić information content (AvgIpc) is 3.74. The van der Waals surface area contributed by atoms with Gasteiger partial charge < -0.3 is 24.8 Å². The Hall–Kier alpha value is -3.78. The summed E-state index contributed by atoms with van der Waals surface area (Å²) in [6.07, 6.45) is 0. The predicted octanol–water partition coefficient (Wildman–Crippen LogP) is 8.22. The molecule has 0 aliphatic rings. The van der Waals surface area contributed by atoms with Crippen LogP contribution in [0.25, 0.3) is 65.0 Å². The number of aryl methyl sites for hydroxylation is 1. The molecule has 0 aliphatic carbocycles. The molecule has 9 aromatic carbocycles. The second-order valence-corrected chi connectivity index (χ2v) is 24.1. The molecule has 0 bridgehead atoms. The van der Waals surface area contributed by atoms with Crippen LogP contribution in [-0.4, -0.2) is 5.43 Å². The Labute approximate surface area is 361 Å². The van der Waals surface area contributed by atoms with Crippen molar-refractivity contribution >= 4 is 64.5 Å². The molecule has 0 amide bonds. The van der Waals surface area contributed by atoms with Gasteiger partial charge in [0.2, 0.25) is 0 Å². The number of hydrogen-bond donors (Lipinski definition) is 0. The fraction of sp³-hybridized carbons (Fsp3) is 0.192. The zero-order valence-electron chi connectivity index (χ0n) is 33.8. The van der Waals surface area contributed by atoms with Crippen molar-refractivity contribution in [2.45, 2.75) is 65.8 Å². The molecular formula is C52H50Cl2SiZr-2. The van der Waals surface area contributed by atoms with Gasteiger partial charge in [0.05, 0.1) is 0 Å². The van der Waals surface area contributed by atoms with E-state index >= 15 is 0 Å². The van der Waals surface area contributed by atoms with E-state index in [4.69, 9.17) is 0 Å². The summed E-state index contributed by atoms with van der Waals surface area (Å²) in [6, 6.07) is 57.8. The van der Waals surface area contributed by atoms with Gasteiger partial charge in [-0.15, -0.1) is 68.7 Å². The third-order valence-electron chi connectivity index (χ3n) is 10.7. The van der Waals surface area contributed by atoms with Gasteiger partial charge in [0, 0.05) is 0 Å². The molecule has 0 saturated carbocycles. The average molecular weight is 865 g/mol. The largest absolute Gasteiger partial charge is 1.00 e. The van der Waals surface area contributed by atoms with Crippen LogP contribution in [0.1, 0.15) is 58.2 Å². The van der Waals surface area contributed by atoms with Gasteiger partial charge in [0.25, 0.3) is 0 Å². The van der Waals surface area contributed by atoms with Crippen molar-refractivity contribution in [1.29, 1.82) is 0 Å². The summed E-state index contributed by atoms with van der Waals surface area (Å²) in [6.45, 7) is 18.2. The monoisotopic (exact) mass is 862 g/mol. The Bertz CT molecular complexity index is 2710. The first-order chi connectivity index (χ1) is 25.8. The van der Waals surface area contributed by atoms with Crippen LogP contribution in [0.3, 0.4) is 0 Å². The zero-order valence-corrected chi connectivity index (χ0v) is 38.7. The minimum Gasteiger partial charge on any atom is -1.00 e. The zero-order chi connectivity index (χ0) is 38.2. The van der Waals surface area contributed by atoms with E-state index in [0.717, 1.165) is 0 Å². The topological polar surface area (TPSA) is 0 Å². The first kappa shape index (κ1) is 43.3. The molecule has 0 aliphatic heterocycles. The van der Waals surface area contributed by atoms with Crippen LogP contribution in [-0.2, 0) is 34.2 Å². The van der Waals surface area contributed by atoms with Gasteiger partial charge in [-0.25, -0.2) is 0 Å². The summed E-state index contributed by atoms with van der Waals surface area (Å²) in [5, 5.41) is 15.0. The SMILES string of the molecule is CC(C)(C)c1ccc2c(c1)[cH-]c1cc(C(C)(C)C)ccc12.C[Si](=[Zr+2])c1ccccc1.Cc1c[cH-]c2cccc(-c3cc4ccccc4c4ccccc34)c12.[Cl-].[Cl-]. The van der Waals surface area contributed by atoms with Gasteiger partial charge in [-0.05, 0) is 44.0 Å². The molecule has 4 heteroatoms. The summed E-state index contributed by atoms with van der Waals surface area (Å²) >= 11 is 1.69. The molecule has 0 saturated heterocycles. The summed E-state index contributed by atoms with van der Waals surface area (Å²) in [7, 11) is 0. The van der Waals surface area contributed by atoms with Crippen molar-refractivity contribution in [3.8, 4) is 11.1 Å². The van der Waals surface area contributed by atoms with E-state index in [1.165, 1.54) is 81.7 Å². The summed E-state index contributed by atoms with van der Waals surface area (Å²) < 4.78 is 0. The summed E-state index contributed by atoms with van der Waals surface area (Å²) in [5.74, 6) is 0. The second kappa shape index (κ2) is 17.8. The molecule has 0 N–H and O–H groups in total. The van der Waals surface area contributed by atoms with Crippen molar-refractivity contribution in [3.05, 3.63) is 174 Å². The van der Waals surface area contributed by atoms with Crippen LogP contribution in [0.5, 0.6) is 0 Å². The van der Waals surface area contributed by atoms with Crippen molar-refractivity contribution in [2.24, 2.45) is 0 Å². The Morgan fingerprint density at radius 3 is 1.59 bits per heavy atom. The molecule has 0 heterocycles. The van der Waals surface area contributed by atoms with Crippen LogP contribution >= 0.6 is 0 Å². The summed E-state index contributed by atoms with van der Waals surface area (Å²) in [4.78, 5) is 0. The maximum atomic E-state index is 2.35. The van der Waals surface area contributed by atoms with E-state index in [1.807, 2.05) is 0 Å². The van der Waals surface area contributed by atoms with Crippen LogP contribution < -0.4 is 30.0 Å². The van der Waals surface area contributed by atoms with E-state index in [1.54, 1.807) is 28.5 Å². The number of halogens is 2. The molecule has 0 fully saturated rings. The minimum absolute atomic E-state index is 0. The second-order valence-electron chi connectivity index (χ2n) is 16.7. The van der Waals surface area contributed by atoms with Gasteiger partial charge >= 0.3 is 70.8 Å². The maximum absolute atomic E-state index is 2.35. The van der Waals surface area contributed by atoms with E-state index < -0.39 is 0 Å². The fourth-order valence-corrected chi connectivity index (χ4v) is 9.51. The first-order valence-electron chi connectivity index (χ1n) is 19.1. The predicted molar refractivity (Wildman–Crippen MR) is 237 cm³/mol. The quantitative estimate of drug-likeness (QED) is 0.0935. The molecule has 0 nitrogen and oxygen atoms in total. The van der Waals surface area contributed by atoms with Gasteiger partial charge in [-0.3, -0.25) is 0 Å². The molecule has 0 unspecified atom stereocenters. The summed E-state index contributed by atoms with van der Waals surface area (Å²) in [5.41, 5.74) is 7.09. The molecule has 9 rings (SSSR count). The van der Waals surface area contributed by atoms with Crippen molar-refractivity contribution in [3.63, 3.8) is 0 Å². The first-order valence-corrected chi connectivity index (χ1v) is 24.8. The third-order valence-corrected chi connectivity index (χ3v) is 14.0. The molecule has 0 atom stereocenters. The molecule has 0 radical (unpaired) electrons. The molecule has 9 aromatic rings. The Kier molecular flexibility index (Phi) is 13.8. The third kappa shape index (κ3) is 9.16. The normalized spacial score (nSPS) is 11.4. The van der Waals surface area contributed by atoms with Crippen molar-refractivity contribution in [1.82, 2.24) is 0 Å². The number of rotatable bonds is 2. The van der Waals surface area contributed by atoms with E-state index in [-0.39, 0.29) is 41.1 Å². The number of hydrogen-bond acceptors (Lipinski definition) is 0. The molecule has 0 spiro atoms. The van der Waals surface area contributed by atoms with Crippen molar-refractivity contribution < 1.29 is 48.1 Å². The van der Waals surface area contributed by atoms with Gasteiger partial charge in [0.1, 0.15) is 0 Å². The van der Waals surface area contributed by atoms with Gasteiger partial charge in [0.15, 0.2) is 0 Å². The van der Waals surface area contributed by atoms with Gasteiger partial charge in [-0.1, -0.05) is 144 Å². The molecule has 56 heavy (non-hydrogen) atoms. The van der Waals surface area contributed by atoms with E-state index in [0.29, 0.717) is 0 Å². The van der Waals surface area contributed by atoms with Crippen LogP contribution in [0.2, 0.25) is 6.55 Å². The van der Waals surface area contributed by atoms with Gasteiger partial charge in [-0.2, -0.15) is 11.6 Å². The van der Waals surface area contributed by atoms with E-state index in [2.05, 4.69) is 213 Å². The van der Waals surface area contributed by atoms with Crippen LogP contribution in [0, 0.1) is 6.92 Å². The minimum atomic E-state index is -0.122. The fourth-order valence-electron chi connectivity index (χ4n) is 7.59. The molecular weight excluding hydrogens is 815 g/mol. The smallest absolute Gasteiger partial charge is 0.00995 e.